The number of rotatable bonds is 5. The average molecular weight is 410 g/mol. The number of nitrogens with zero attached hydrogens (tertiary/aromatic N) is 1. The molecule has 3 heterocycles. The number of fused-ring (bicyclic) bond motifs is 2. The molecule has 1 saturated carbocycles. The molecule has 1 aliphatic carbocycles. The standard InChI is InChI=1S/C22H26N4O4/c27-18-6-5-17(19(28)25-18)26-20(29)15-4-3-13(10-16(15)21(26)30)11-23-12-22-8-7-14(22)2-1-9-24-22/h3-4,10,14,17,23-24H,1-2,5-9,11-12H2,(H,25,27,28)/t14-,17?,22-/m1/s1. The quantitative estimate of drug-likeness (QED) is 0.617. The van der Waals surface area contributed by atoms with Crippen molar-refractivity contribution in [3.05, 3.63) is 34.9 Å². The molecule has 1 unspecified atom stereocenters. The highest BCUT2D eigenvalue weighted by atomic mass is 16.2. The monoisotopic (exact) mass is 410 g/mol. The van der Waals surface area contributed by atoms with Crippen molar-refractivity contribution in [1.82, 2.24) is 20.9 Å². The maximum atomic E-state index is 12.9. The van der Waals surface area contributed by atoms with E-state index in [-0.39, 0.29) is 24.3 Å². The van der Waals surface area contributed by atoms with Gasteiger partial charge in [-0.3, -0.25) is 29.4 Å². The molecule has 8 nitrogen and oxygen atoms in total. The zero-order chi connectivity index (χ0) is 20.9. The summed E-state index contributed by atoms with van der Waals surface area (Å²) in [5.74, 6) is -1.14. The SMILES string of the molecule is O=C1CCC(N2C(=O)c3ccc(CNC[C@]45CC[C@H]4CCCN5)cc3C2=O)C(=O)N1. The summed E-state index contributed by atoms with van der Waals surface area (Å²) in [6, 6.07) is 4.35. The molecule has 1 aromatic rings. The van der Waals surface area contributed by atoms with E-state index in [4.69, 9.17) is 0 Å². The van der Waals surface area contributed by atoms with Crippen LogP contribution in [-0.4, -0.2) is 53.2 Å². The number of imide groups is 2. The van der Waals surface area contributed by atoms with Crippen molar-refractivity contribution in [1.29, 1.82) is 0 Å². The highest BCUT2D eigenvalue weighted by Gasteiger charge is 2.47. The van der Waals surface area contributed by atoms with E-state index in [1.54, 1.807) is 12.1 Å². The number of nitrogens with one attached hydrogen (secondary N) is 3. The lowest BCUT2D eigenvalue weighted by atomic mass is 9.63. The molecule has 1 aromatic carbocycles. The number of carbonyl (C=O) groups excluding carboxylic acids is 4. The van der Waals surface area contributed by atoms with Crippen molar-refractivity contribution in [2.24, 2.45) is 5.92 Å². The summed E-state index contributed by atoms with van der Waals surface area (Å²) in [7, 11) is 0. The van der Waals surface area contributed by atoms with Gasteiger partial charge in [0, 0.05) is 25.0 Å². The van der Waals surface area contributed by atoms with Gasteiger partial charge < -0.3 is 10.6 Å². The molecule has 3 aliphatic heterocycles. The van der Waals surface area contributed by atoms with Crippen LogP contribution in [0.25, 0.3) is 0 Å². The maximum Gasteiger partial charge on any atom is 0.262 e. The number of hydrogen-bond donors (Lipinski definition) is 3. The minimum atomic E-state index is -0.927. The summed E-state index contributed by atoms with van der Waals surface area (Å²) in [6.45, 7) is 2.58. The lowest BCUT2D eigenvalue weighted by Crippen LogP contribution is -2.65. The second-order valence-electron chi connectivity index (χ2n) is 8.89. The molecule has 8 heteroatoms. The van der Waals surface area contributed by atoms with Gasteiger partial charge in [0.05, 0.1) is 11.1 Å². The van der Waals surface area contributed by atoms with Gasteiger partial charge in [-0.2, -0.15) is 0 Å². The van der Waals surface area contributed by atoms with Gasteiger partial charge in [0.2, 0.25) is 11.8 Å². The molecule has 0 spiro atoms. The van der Waals surface area contributed by atoms with Crippen molar-refractivity contribution in [2.75, 3.05) is 13.1 Å². The molecule has 3 N–H and O–H groups in total. The smallest absolute Gasteiger partial charge is 0.262 e. The molecule has 0 radical (unpaired) electrons. The van der Waals surface area contributed by atoms with E-state index in [0.717, 1.165) is 29.5 Å². The first-order chi connectivity index (χ1) is 14.5. The Morgan fingerprint density at radius 3 is 2.63 bits per heavy atom. The third-order valence-corrected chi connectivity index (χ3v) is 7.20. The van der Waals surface area contributed by atoms with Crippen LogP contribution in [-0.2, 0) is 16.1 Å². The van der Waals surface area contributed by atoms with E-state index >= 15 is 0 Å². The third kappa shape index (κ3) is 3.06. The summed E-state index contributed by atoms with van der Waals surface area (Å²) < 4.78 is 0. The fourth-order valence-corrected chi connectivity index (χ4v) is 5.39. The molecule has 5 rings (SSSR count). The summed E-state index contributed by atoms with van der Waals surface area (Å²) in [5, 5.41) is 9.43. The van der Waals surface area contributed by atoms with Gasteiger partial charge >= 0.3 is 0 Å². The minimum Gasteiger partial charge on any atom is -0.311 e. The number of hydrogen-bond acceptors (Lipinski definition) is 6. The minimum absolute atomic E-state index is 0.121. The van der Waals surface area contributed by atoms with Crippen LogP contribution in [0.2, 0.25) is 0 Å². The van der Waals surface area contributed by atoms with Crippen LogP contribution in [0, 0.1) is 5.92 Å². The second kappa shape index (κ2) is 7.28. The van der Waals surface area contributed by atoms with E-state index < -0.39 is 23.8 Å². The summed E-state index contributed by atoms with van der Waals surface area (Å²) in [5.41, 5.74) is 1.80. The van der Waals surface area contributed by atoms with Crippen molar-refractivity contribution >= 4 is 23.6 Å². The van der Waals surface area contributed by atoms with Gasteiger partial charge in [0.15, 0.2) is 0 Å². The van der Waals surface area contributed by atoms with E-state index in [9.17, 15) is 19.2 Å². The van der Waals surface area contributed by atoms with Gasteiger partial charge in [0.1, 0.15) is 6.04 Å². The largest absolute Gasteiger partial charge is 0.311 e. The lowest BCUT2D eigenvalue weighted by Gasteiger charge is -2.53. The van der Waals surface area contributed by atoms with Crippen LogP contribution in [0.3, 0.4) is 0 Å². The molecule has 4 amide bonds. The third-order valence-electron chi connectivity index (χ3n) is 7.20. The first-order valence-electron chi connectivity index (χ1n) is 10.8. The number of benzene rings is 1. The second-order valence-corrected chi connectivity index (χ2v) is 8.89. The highest BCUT2D eigenvalue weighted by molar-refractivity contribution is 6.23. The van der Waals surface area contributed by atoms with Gasteiger partial charge in [-0.15, -0.1) is 0 Å². The van der Waals surface area contributed by atoms with Crippen molar-refractivity contribution in [3.8, 4) is 0 Å². The fraction of sp³-hybridized carbons (Fsp3) is 0.545. The molecule has 3 atom stereocenters. The van der Waals surface area contributed by atoms with E-state index in [1.165, 1.54) is 25.7 Å². The number of carbonyl (C=O) groups is 4. The molecule has 2 saturated heterocycles. The van der Waals surface area contributed by atoms with Gasteiger partial charge in [0.25, 0.3) is 11.8 Å². The van der Waals surface area contributed by atoms with Crippen molar-refractivity contribution in [3.63, 3.8) is 0 Å². The van der Waals surface area contributed by atoms with Crippen LogP contribution in [0.5, 0.6) is 0 Å². The van der Waals surface area contributed by atoms with Crippen LogP contribution in [0.4, 0.5) is 0 Å². The Bertz CT molecular complexity index is 945. The predicted molar refractivity (Wildman–Crippen MR) is 108 cm³/mol. The molecule has 3 fully saturated rings. The van der Waals surface area contributed by atoms with E-state index in [0.29, 0.717) is 17.7 Å². The van der Waals surface area contributed by atoms with Crippen molar-refractivity contribution < 1.29 is 19.2 Å². The summed E-state index contributed by atoms with van der Waals surface area (Å²) in [6.07, 6.45) is 5.32. The Morgan fingerprint density at radius 1 is 1.07 bits per heavy atom. The topological polar surface area (TPSA) is 108 Å². The normalized spacial score (nSPS) is 30.6. The van der Waals surface area contributed by atoms with Crippen LogP contribution >= 0.6 is 0 Å². The Balaban J connectivity index is 1.27. The van der Waals surface area contributed by atoms with Crippen LogP contribution < -0.4 is 16.0 Å². The first-order valence-corrected chi connectivity index (χ1v) is 10.8. The molecule has 0 bridgehead atoms. The van der Waals surface area contributed by atoms with Gasteiger partial charge in [-0.1, -0.05) is 6.07 Å². The number of amides is 4. The molecular weight excluding hydrogens is 384 g/mol. The Kier molecular flexibility index (Phi) is 4.71. The number of piperidine rings is 2. The average Bonchev–Trinajstić information content (AvgIpc) is 2.95. The lowest BCUT2D eigenvalue weighted by molar-refractivity contribution is -0.136. The molecule has 158 valence electrons. The first kappa shape index (κ1) is 19.4. The van der Waals surface area contributed by atoms with Gasteiger partial charge in [-0.25, -0.2) is 0 Å². The van der Waals surface area contributed by atoms with Crippen LogP contribution in [0.1, 0.15) is 64.8 Å². The summed E-state index contributed by atoms with van der Waals surface area (Å²) in [4.78, 5) is 50.2. The van der Waals surface area contributed by atoms with Crippen LogP contribution in [0.15, 0.2) is 18.2 Å². The zero-order valence-electron chi connectivity index (χ0n) is 16.8. The molecule has 0 aromatic heterocycles. The summed E-state index contributed by atoms with van der Waals surface area (Å²) >= 11 is 0. The highest BCUT2D eigenvalue weighted by Crippen LogP contribution is 2.43. The zero-order valence-corrected chi connectivity index (χ0v) is 16.8. The molecular formula is C22H26N4O4. The van der Waals surface area contributed by atoms with Gasteiger partial charge in [-0.05, 0) is 62.3 Å². The Morgan fingerprint density at radius 2 is 1.90 bits per heavy atom. The Labute approximate surface area is 174 Å². The maximum absolute atomic E-state index is 12.9. The van der Waals surface area contributed by atoms with Crippen molar-refractivity contribution in [2.45, 2.75) is 56.7 Å². The Hall–Kier alpha value is -2.58. The molecule has 30 heavy (non-hydrogen) atoms. The fourth-order valence-electron chi connectivity index (χ4n) is 5.39. The molecule has 4 aliphatic rings. The van der Waals surface area contributed by atoms with E-state index in [1.807, 2.05) is 6.07 Å². The predicted octanol–water partition coefficient (Wildman–Crippen LogP) is 0.710. The van der Waals surface area contributed by atoms with E-state index in [2.05, 4.69) is 16.0 Å².